The highest BCUT2D eigenvalue weighted by atomic mass is 16.6. The average Bonchev–Trinajstić information content (AvgIpc) is 3.10. The molecule has 0 bridgehead atoms. The molecular formula is C17H26N4O6. The van der Waals surface area contributed by atoms with Crippen LogP contribution in [0.2, 0.25) is 0 Å². The van der Waals surface area contributed by atoms with Gasteiger partial charge in [0, 0.05) is 0 Å². The standard InChI is InChI=1S/C17H26N4O6/c1-8(2)10(20-26-5)14(22)16(24)12-13(19-7-18-12)17(25)15(23)11(9(3)4)21-27-6/h7-11,20-21H,1-6H3,(H,18,19). The van der Waals surface area contributed by atoms with Gasteiger partial charge >= 0.3 is 0 Å². The molecule has 0 fully saturated rings. The van der Waals surface area contributed by atoms with E-state index < -0.39 is 40.9 Å². The van der Waals surface area contributed by atoms with Crippen LogP contribution in [0.4, 0.5) is 0 Å². The number of imidazole rings is 1. The molecule has 27 heavy (non-hydrogen) atoms. The first-order valence-corrected chi connectivity index (χ1v) is 8.44. The Bertz CT molecular complexity index is 641. The van der Waals surface area contributed by atoms with Gasteiger partial charge in [0.05, 0.1) is 20.5 Å². The molecular weight excluding hydrogens is 356 g/mol. The van der Waals surface area contributed by atoms with Gasteiger partial charge < -0.3 is 14.7 Å². The Morgan fingerprint density at radius 1 is 0.889 bits per heavy atom. The smallest absolute Gasteiger partial charge is 0.250 e. The van der Waals surface area contributed by atoms with Gasteiger partial charge in [0.25, 0.3) is 5.78 Å². The van der Waals surface area contributed by atoms with Gasteiger partial charge in [0.2, 0.25) is 17.3 Å². The van der Waals surface area contributed by atoms with E-state index in [1.807, 2.05) is 0 Å². The SMILES string of the molecule is CONC(C(=O)C(=O)c1nc[nH]c1C(=O)C(=O)C(NOC)C(C)C)C(C)C. The van der Waals surface area contributed by atoms with Crippen LogP contribution < -0.4 is 11.0 Å². The number of carbonyl (C=O) groups is 4. The van der Waals surface area contributed by atoms with Crippen molar-refractivity contribution in [1.29, 1.82) is 0 Å². The van der Waals surface area contributed by atoms with Gasteiger partial charge in [0.1, 0.15) is 23.5 Å². The van der Waals surface area contributed by atoms with E-state index in [2.05, 4.69) is 20.9 Å². The number of hydrogen-bond donors (Lipinski definition) is 3. The molecule has 1 aromatic rings. The summed E-state index contributed by atoms with van der Waals surface area (Å²) in [6, 6.07) is -1.83. The van der Waals surface area contributed by atoms with Crippen molar-refractivity contribution in [2.45, 2.75) is 39.8 Å². The fourth-order valence-corrected chi connectivity index (χ4v) is 2.40. The number of aromatic amines is 1. The van der Waals surface area contributed by atoms with Crippen molar-refractivity contribution >= 4 is 23.1 Å². The molecule has 0 saturated carbocycles. The van der Waals surface area contributed by atoms with Crippen molar-refractivity contribution < 1.29 is 28.9 Å². The van der Waals surface area contributed by atoms with Crippen molar-refractivity contribution in [2.24, 2.45) is 11.8 Å². The summed E-state index contributed by atoms with van der Waals surface area (Å²) in [5, 5.41) is 0. The predicted molar refractivity (Wildman–Crippen MR) is 94.8 cm³/mol. The second-order valence-electron chi connectivity index (χ2n) is 6.60. The lowest BCUT2D eigenvalue weighted by molar-refractivity contribution is -0.122. The molecule has 1 heterocycles. The first-order valence-electron chi connectivity index (χ1n) is 8.44. The van der Waals surface area contributed by atoms with Gasteiger partial charge in [-0.3, -0.25) is 19.2 Å². The number of carbonyl (C=O) groups excluding carboxylic acids is 4. The van der Waals surface area contributed by atoms with Gasteiger partial charge in [-0.25, -0.2) is 4.98 Å². The molecule has 0 amide bonds. The summed E-state index contributed by atoms with van der Waals surface area (Å²) in [5.41, 5.74) is 4.19. The van der Waals surface area contributed by atoms with E-state index in [-0.39, 0.29) is 17.5 Å². The molecule has 0 aromatic carbocycles. The van der Waals surface area contributed by atoms with E-state index in [9.17, 15) is 19.2 Å². The van der Waals surface area contributed by atoms with Crippen LogP contribution in [0.3, 0.4) is 0 Å². The molecule has 2 unspecified atom stereocenters. The normalized spacial score (nSPS) is 13.6. The van der Waals surface area contributed by atoms with Crippen molar-refractivity contribution in [1.82, 2.24) is 20.9 Å². The molecule has 1 rings (SSSR count). The van der Waals surface area contributed by atoms with Gasteiger partial charge in [-0.05, 0) is 11.8 Å². The number of Topliss-reactive ketones (excluding diaryl/α,β-unsaturated/α-hetero) is 4. The molecule has 2 atom stereocenters. The number of rotatable bonds is 12. The highest BCUT2D eigenvalue weighted by Gasteiger charge is 2.36. The van der Waals surface area contributed by atoms with Gasteiger partial charge in [-0.1, -0.05) is 27.7 Å². The molecule has 0 saturated heterocycles. The van der Waals surface area contributed by atoms with Crippen molar-refractivity contribution in [3.05, 3.63) is 17.7 Å². The van der Waals surface area contributed by atoms with E-state index in [1.165, 1.54) is 14.2 Å². The molecule has 3 N–H and O–H groups in total. The second kappa shape index (κ2) is 10.2. The molecule has 0 spiro atoms. The highest BCUT2D eigenvalue weighted by molar-refractivity contribution is 6.50. The van der Waals surface area contributed by atoms with Crippen LogP contribution in [-0.2, 0) is 19.3 Å². The van der Waals surface area contributed by atoms with Crippen LogP contribution >= 0.6 is 0 Å². The van der Waals surface area contributed by atoms with Crippen molar-refractivity contribution in [3.8, 4) is 0 Å². The minimum Gasteiger partial charge on any atom is -0.341 e. The third-order valence-corrected chi connectivity index (χ3v) is 3.92. The lowest BCUT2D eigenvalue weighted by atomic mass is 9.93. The summed E-state index contributed by atoms with van der Waals surface area (Å²) < 4.78 is 0. The number of H-pyrrole nitrogens is 1. The third-order valence-electron chi connectivity index (χ3n) is 3.92. The van der Waals surface area contributed by atoms with Crippen LogP contribution in [0.15, 0.2) is 6.33 Å². The first-order chi connectivity index (χ1) is 12.7. The van der Waals surface area contributed by atoms with E-state index in [0.717, 1.165) is 6.33 Å². The molecule has 10 nitrogen and oxygen atoms in total. The fourth-order valence-electron chi connectivity index (χ4n) is 2.40. The maximum absolute atomic E-state index is 12.6. The predicted octanol–water partition coefficient (Wildman–Crippen LogP) is 0.265. The fraction of sp³-hybridized carbons (Fsp3) is 0.588. The maximum atomic E-state index is 12.6. The van der Waals surface area contributed by atoms with Crippen LogP contribution in [0.5, 0.6) is 0 Å². The van der Waals surface area contributed by atoms with Crippen LogP contribution in [0.25, 0.3) is 0 Å². The molecule has 0 aliphatic carbocycles. The number of hydrogen-bond acceptors (Lipinski definition) is 9. The van der Waals surface area contributed by atoms with Crippen LogP contribution in [0.1, 0.15) is 48.7 Å². The second-order valence-corrected chi connectivity index (χ2v) is 6.60. The number of aromatic nitrogens is 2. The zero-order chi connectivity index (χ0) is 20.7. The Labute approximate surface area is 157 Å². The highest BCUT2D eigenvalue weighted by Crippen LogP contribution is 2.13. The topological polar surface area (TPSA) is 139 Å². The van der Waals surface area contributed by atoms with Crippen molar-refractivity contribution in [3.63, 3.8) is 0 Å². The largest absolute Gasteiger partial charge is 0.341 e. The molecule has 0 aliphatic heterocycles. The summed E-state index contributed by atoms with van der Waals surface area (Å²) >= 11 is 0. The Balaban J connectivity index is 3.14. The minimum absolute atomic E-state index is 0.249. The Hall–Kier alpha value is -2.27. The average molecular weight is 382 g/mol. The lowest BCUT2D eigenvalue weighted by Crippen LogP contribution is -2.45. The van der Waals surface area contributed by atoms with Gasteiger partial charge in [-0.2, -0.15) is 11.0 Å². The monoisotopic (exact) mass is 382 g/mol. The van der Waals surface area contributed by atoms with Crippen LogP contribution in [0, 0.1) is 11.8 Å². The summed E-state index contributed by atoms with van der Waals surface area (Å²) in [6.45, 7) is 6.92. The summed E-state index contributed by atoms with van der Waals surface area (Å²) in [7, 11) is 2.65. The van der Waals surface area contributed by atoms with E-state index in [4.69, 9.17) is 9.68 Å². The summed E-state index contributed by atoms with van der Waals surface area (Å²) in [4.78, 5) is 65.9. The third kappa shape index (κ3) is 5.36. The van der Waals surface area contributed by atoms with Gasteiger partial charge in [0.15, 0.2) is 0 Å². The molecule has 10 heteroatoms. The van der Waals surface area contributed by atoms with E-state index in [1.54, 1.807) is 27.7 Å². The van der Waals surface area contributed by atoms with Crippen molar-refractivity contribution in [2.75, 3.05) is 14.2 Å². The van der Waals surface area contributed by atoms with E-state index in [0.29, 0.717) is 0 Å². The molecule has 150 valence electrons. The molecule has 0 aliphatic rings. The summed E-state index contributed by atoms with van der Waals surface area (Å²) in [5.74, 6) is -4.09. The maximum Gasteiger partial charge on any atom is 0.250 e. The number of nitrogens with zero attached hydrogens (tertiary/aromatic N) is 1. The quantitative estimate of drug-likeness (QED) is 0.264. The van der Waals surface area contributed by atoms with Crippen LogP contribution in [-0.4, -0.2) is 59.4 Å². The Morgan fingerprint density at radius 2 is 1.33 bits per heavy atom. The number of nitrogens with one attached hydrogen (secondary N) is 3. The zero-order valence-corrected chi connectivity index (χ0v) is 16.3. The minimum atomic E-state index is -0.989. The number of hydroxylamine groups is 2. The lowest BCUT2D eigenvalue weighted by Gasteiger charge is -2.19. The first kappa shape index (κ1) is 22.8. The van der Waals surface area contributed by atoms with E-state index >= 15 is 0 Å². The Morgan fingerprint density at radius 3 is 1.74 bits per heavy atom. The Kier molecular flexibility index (Phi) is 8.57. The molecule has 0 radical (unpaired) electrons. The summed E-state index contributed by atoms with van der Waals surface area (Å²) in [6.07, 6.45) is 1.09. The zero-order valence-electron chi connectivity index (χ0n) is 16.3. The van der Waals surface area contributed by atoms with Gasteiger partial charge in [-0.15, -0.1) is 0 Å². The number of ketones is 4. The molecule has 1 aromatic heterocycles.